The minimum absolute atomic E-state index is 0.0594. The summed E-state index contributed by atoms with van der Waals surface area (Å²) in [7, 11) is 2.05. The molecule has 0 aliphatic carbocycles. The highest BCUT2D eigenvalue weighted by Gasteiger charge is 2.33. The molecule has 5 aromatic rings. The van der Waals surface area contributed by atoms with Gasteiger partial charge in [-0.2, -0.15) is 0 Å². The molecule has 0 unspecified atom stereocenters. The topological polar surface area (TPSA) is 71.0 Å². The molecule has 11 heteroatoms. The Morgan fingerprint density at radius 2 is 1.35 bits per heavy atom. The van der Waals surface area contributed by atoms with Crippen LogP contribution in [-0.4, -0.2) is 35.6 Å². The number of amides is 1. The first-order valence-corrected chi connectivity index (χ1v) is 16.3. The fourth-order valence-corrected chi connectivity index (χ4v) is 6.14. The number of carbonyl (C=O) groups excluding carboxylic acids is 1. The van der Waals surface area contributed by atoms with Gasteiger partial charge in [0.2, 0.25) is 5.82 Å². The Kier molecular flexibility index (Phi) is 11.2. The van der Waals surface area contributed by atoms with E-state index in [-0.39, 0.29) is 25.4 Å². The van der Waals surface area contributed by atoms with Crippen LogP contribution in [0.1, 0.15) is 57.0 Å². The van der Waals surface area contributed by atoms with Crippen molar-refractivity contribution in [1.29, 1.82) is 0 Å². The Balaban J connectivity index is 1.20. The lowest BCUT2D eigenvalue weighted by molar-refractivity contribution is -0.252. The van der Waals surface area contributed by atoms with E-state index in [0.717, 1.165) is 34.4 Å². The number of carbonyl (C=O) groups is 1. The van der Waals surface area contributed by atoms with Gasteiger partial charge in [0.05, 0.1) is 18.8 Å². The number of aliphatic hydroxyl groups is 1. The minimum atomic E-state index is -2.33. The molecule has 6 rings (SSSR count). The van der Waals surface area contributed by atoms with Crippen LogP contribution in [0.25, 0.3) is 11.1 Å². The van der Waals surface area contributed by atoms with Gasteiger partial charge in [0, 0.05) is 31.6 Å². The number of hydrogen-bond donors (Lipinski definition) is 2. The average molecular weight is 703 g/mol. The standard InChI is InChI=1S/C40H35F5N2O4/c1-47(21-24-7-3-2-4-8-24)22-31-19-32(27-15-13-25(23-48)14-16-27)51-40(50-31)30-12-6-11-29(18-30)28-10-5-9-26(17-28)20-46-39(49)33-34(41)36(43)38(45)37(44)35(33)42/h2-18,31-32,40,48H,19-23H2,1H3,(H,46,49)/t31-,32+,40+/m1/s1. The molecule has 2 N–H and O–H groups in total. The molecule has 5 aromatic carbocycles. The zero-order valence-electron chi connectivity index (χ0n) is 27.6. The fraction of sp³-hybridized carbons (Fsp3) is 0.225. The lowest BCUT2D eigenvalue weighted by Crippen LogP contribution is -2.37. The summed E-state index contributed by atoms with van der Waals surface area (Å²) in [6, 6.07) is 32.4. The molecule has 0 radical (unpaired) electrons. The SMILES string of the molecule is CN(Cc1ccccc1)C[C@H]1C[C@@H](c2ccc(CO)cc2)O[C@@H](c2cccc(-c3cccc(CNC(=O)c4c(F)c(F)c(F)c(F)c4F)c3)c2)O1. The highest BCUT2D eigenvalue weighted by Crippen LogP contribution is 2.39. The van der Waals surface area contributed by atoms with Crippen LogP contribution in [0.5, 0.6) is 0 Å². The summed E-state index contributed by atoms with van der Waals surface area (Å²) in [5.41, 5.74) is 4.23. The molecule has 1 aliphatic rings. The number of likely N-dealkylation sites (N-methyl/N-ethyl adjacent to an activating group) is 1. The predicted octanol–water partition coefficient (Wildman–Crippen LogP) is 8.15. The van der Waals surface area contributed by atoms with Gasteiger partial charge in [-0.1, -0.05) is 91.0 Å². The van der Waals surface area contributed by atoms with Gasteiger partial charge < -0.3 is 19.9 Å². The number of rotatable bonds is 11. The fourth-order valence-electron chi connectivity index (χ4n) is 6.14. The maximum atomic E-state index is 14.2. The molecule has 1 aliphatic heterocycles. The second-order valence-corrected chi connectivity index (χ2v) is 12.5. The second kappa shape index (κ2) is 15.9. The van der Waals surface area contributed by atoms with Crippen molar-refractivity contribution in [2.45, 2.75) is 44.6 Å². The molecule has 1 amide bonds. The van der Waals surface area contributed by atoms with Gasteiger partial charge in [-0.15, -0.1) is 0 Å². The third-order valence-corrected chi connectivity index (χ3v) is 8.73. The molecule has 1 heterocycles. The van der Waals surface area contributed by atoms with Crippen LogP contribution < -0.4 is 5.32 Å². The Morgan fingerprint density at radius 3 is 2.04 bits per heavy atom. The summed E-state index contributed by atoms with van der Waals surface area (Å²) in [6.45, 7) is 1.10. The predicted molar refractivity (Wildman–Crippen MR) is 180 cm³/mol. The molecule has 3 atom stereocenters. The first-order chi connectivity index (χ1) is 24.6. The molecule has 1 fully saturated rings. The number of aliphatic hydroxyl groups excluding tert-OH is 1. The molecule has 0 aromatic heterocycles. The Bertz CT molecular complexity index is 1960. The third-order valence-electron chi connectivity index (χ3n) is 8.73. The molecule has 51 heavy (non-hydrogen) atoms. The third kappa shape index (κ3) is 8.34. The van der Waals surface area contributed by atoms with Crippen molar-refractivity contribution in [3.05, 3.63) is 166 Å². The van der Waals surface area contributed by atoms with Gasteiger partial charge in [0.15, 0.2) is 29.6 Å². The molecule has 1 saturated heterocycles. The van der Waals surface area contributed by atoms with Crippen LogP contribution in [0, 0.1) is 29.1 Å². The number of nitrogens with zero attached hydrogens (tertiary/aromatic N) is 1. The van der Waals surface area contributed by atoms with Crippen molar-refractivity contribution in [3.63, 3.8) is 0 Å². The molecular weight excluding hydrogens is 667 g/mol. The summed E-state index contributed by atoms with van der Waals surface area (Å²) in [5, 5.41) is 11.8. The minimum Gasteiger partial charge on any atom is -0.392 e. The van der Waals surface area contributed by atoms with Gasteiger partial charge in [-0.05, 0) is 52.6 Å². The Hall–Kier alpha value is -4.94. The molecule has 0 saturated carbocycles. The van der Waals surface area contributed by atoms with Crippen LogP contribution in [0.4, 0.5) is 22.0 Å². The number of ether oxygens (including phenoxy) is 2. The lowest BCUT2D eigenvalue weighted by Gasteiger charge is -2.38. The molecular formula is C40H35F5N2O4. The van der Waals surface area contributed by atoms with Gasteiger partial charge in [-0.3, -0.25) is 9.69 Å². The highest BCUT2D eigenvalue weighted by molar-refractivity contribution is 5.94. The van der Waals surface area contributed by atoms with Crippen molar-refractivity contribution in [2.24, 2.45) is 0 Å². The van der Waals surface area contributed by atoms with Crippen molar-refractivity contribution in [1.82, 2.24) is 10.2 Å². The largest absolute Gasteiger partial charge is 0.392 e. The summed E-state index contributed by atoms with van der Waals surface area (Å²) >= 11 is 0. The highest BCUT2D eigenvalue weighted by atomic mass is 19.2. The van der Waals surface area contributed by atoms with Gasteiger partial charge >= 0.3 is 0 Å². The van der Waals surface area contributed by atoms with Crippen LogP contribution in [-0.2, 0) is 29.2 Å². The number of benzene rings is 5. The summed E-state index contributed by atoms with van der Waals surface area (Å²) in [6.07, 6.45) is -0.541. The Morgan fingerprint density at radius 1 is 0.725 bits per heavy atom. The summed E-state index contributed by atoms with van der Waals surface area (Å²) in [5.74, 6) is -12.6. The average Bonchev–Trinajstić information content (AvgIpc) is 3.16. The van der Waals surface area contributed by atoms with Gasteiger partial charge in [-0.25, -0.2) is 22.0 Å². The van der Waals surface area contributed by atoms with Crippen molar-refractivity contribution >= 4 is 5.91 Å². The molecule has 0 spiro atoms. The molecule has 6 nitrogen and oxygen atoms in total. The normalized spacial score (nSPS) is 17.5. The van der Waals surface area contributed by atoms with Gasteiger partial charge in [0.1, 0.15) is 5.56 Å². The number of hydrogen-bond acceptors (Lipinski definition) is 5. The first-order valence-electron chi connectivity index (χ1n) is 16.3. The van der Waals surface area contributed by atoms with E-state index >= 15 is 0 Å². The van der Waals surface area contributed by atoms with Crippen molar-refractivity contribution in [3.8, 4) is 11.1 Å². The number of nitrogens with one attached hydrogen (secondary N) is 1. The van der Waals surface area contributed by atoms with Crippen LogP contribution in [0.3, 0.4) is 0 Å². The molecule has 0 bridgehead atoms. The maximum Gasteiger partial charge on any atom is 0.257 e. The van der Waals surface area contributed by atoms with E-state index in [2.05, 4.69) is 22.3 Å². The van der Waals surface area contributed by atoms with E-state index in [0.29, 0.717) is 18.5 Å². The Labute approximate surface area is 292 Å². The first kappa shape index (κ1) is 35.9. The van der Waals surface area contributed by atoms with Gasteiger partial charge in [0.25, 0.3) is 5.91 Å². The quantitative estimate of drug-likeness (QED) is 0.0827. The molecule has 264 valence electrons. The zero-order chi connectivity index (χ0) is 36.1. The van der Waals surface area contributed by atoms with Crippen LogP contribution >= 0.6 is 0 Å². The summed E-state index contributed by atoms with van der Waals surface area (Å²) < 4.78 is 82.2. The van der Waals surface area contributed by atoms with Crippen LogP contribution in [0.15, 0.2) is 103 Å². The zero-order valence-corrected chi connectivity index (χ0v) is 27.6. The maximum absolute atomic E-state index is 14.2. The van der Waals surface area contributed by atoms with Crippen LogP contribution in [0.2, 0.25) is 0 Å². The van der Waals surface area contributed by atoms with Crippen molar-refractivity contribution in [2.75, 3.05) is 13.6 Å². The van der Waals surface area contributed by atoms with E-state index in [9.17, 15) is 31.9 Å². The lowest BCUT2D eigenvalue weighted by atomic mass is 9.98. The van der Waals surface area contributed by atoms with Crippen molar-refractivity contribution < 1.29 is 41.3 Å². The van der Waals surface area contributed by atoms with E-state index in [4.69, 9.17) is 9.47 Å². The van der Waals surface area contributed by atoms with E-state index in [1.165, 1.54) is 5.56 Å². The van der Waals surface area contributed by atoms with E-state index in [1.807, 2.05) is 79.8 Å². The second-order valence-electron chi connectivity index (χ2n) is 12.5. The summed E-state index contributed by atoms with van der Waals surface area (Å²) in [4.78, 5) is 14.7. The van der Waals surface area contributed by atoms with E-state index < -0.39 is 46.8 Å². The van der Waals surface area contributed by atoms with E-state index in [1.54, 1.807) is 18.2 Å². The number of halogens is 5. The monoisotopic (exact) mass is 702 g/mol. The smallest absolute Gasteiger partial charge is 0.257 e.